The fraction of sp³-hybridized carbons (Fsp3) is 0.0526. The Labute approximate surface area is 133 Å². The van der Waals surface area contributed by atoms with Crippen molar-refractivity contribution in [2.24, 2.45) is 0 Å². The molecule has 0 unspecified atom stereocenters. The van der Waals surface area contributed by atoms with E-state index in [0.29, 0.717) is 11.1 Å². The number of hydrogen-bond donors (Lipinski definition) is 1. The van der Waals surface area contributed by atoms with Gasteiger partial charge in [0, 0.05) is 28.2 Å². The molecule has 0 atom stereocenters. The third kappa shape index (κ3) is 2.85. The number of anilines is 1. The molecule has 3 rings (SSSR count). The van der Waals surface area contributed by atoms with Crippen molar-refractivity contribution in [3.05, 3.63) is 71.5 Å². The summed E-state index contributed by atoms with van der Waals surface area (Å²) in [4.78, 5) is 16.0. The third-order valence-corrected chi connectivity index (χ3v) is 3.47. The van der Waals surface area contributed by atoms with Gasteiger partial charge in [-0.15, -0.1) is 0 Å². The van der Waals surface area contributed by atoms with Crippen LogP contribution in [0.2, 0.25) is 0 Å². The molecule has 0 bridgehead atoms. The van der Waals surface area contributed by atoms with E-state index in [4.69, 9.17) is 10.5 Å². The van der Waals surface area contributed by atoms with Crippen LogP contribution in [0, 0.1) is 11.8 Å². The first-order valence-corrected chi connectivity index (χ1v) is 7.03. The minimum atomic E-state index is -0.465. The van der Waals surface area contributed by atoms with Crippen molar-refractivity contribution >= 4 is 22.4 Å². The summed E-state index contributed by atoms with van der Waals surface area (Å²) < 4.78 is 4.78. The first-order valence-electron chi connectivity index (χ1n) is 7.03. The highest BCUT2D eigenvalue weighted by Gasteiger charge is 2.13. The van der Waals surface area contributed by atoms with Crippen molar-refractivity contribution in [3.8, 4) is 11.8 Å². The maximum atomic E-state index is 11.8. The Balaban J connectivity index is 2.14. The van der Waals surface area contributed by atoms with Crippen LogP contribution in [0.3, 0.4) is 0 Å². The molecular formula is C19H14N2O2. The van der Waals surface area contributed by atoms with Crippen molar-refractivity contribution in [2.45, 2.75) is 0 Å². The number of esters is 1. The average Bonchev–Trinajstić information content (AvgIpc) is 2.60. The first kappa shape index (κ1) is 14.6. The van der Waals surface area contributed by atoms with Gasteiger partial charge < -0.3 is 10.5 Å². The monoisotopic (exact) mass is 302 g/mol. The zero-order chi connectivity index (χ0) is 16.2. The Bertz CT molecular complexity index is 952. The van der Waals surface area contributed by atoms with Gasteiger partial charge in [0.25, 0.3) is 0 Å². The number of nitrogens with two attached hydrogens (primary N) is 1. The van der Waals surface area contributed by atoms with Crippen LogP contribution in [0.15, 0.2) is 54.7 Å². The highest BCUT2D eigenvalue weighted by atomic mass is 16.5. The number of methoxy groups -OCH3 is 1. The number of para-hydroxylation sites is 1. The lowest BCUT2D eigenvalue weighted by Gasteiger charge is -2.05. The van der Waals surface area contributed by atoms with E-state index in [2.05, 4.69) is 16.8 Å². The number of aromatic nitrogens is 1. The molecule has 0 aliphatic carbocycles. The van der Waals surface area contributed by atoms with Gasteiger partial charge in [0.05, 0.1) is 12.7 Å². The maximum absolute atomic E-state index is 11.8. The van der Waals surface area contributed by atoms with Crippen LogP contribution in [0.1, 0.15) is 21.6 Å². The highest BCUT2D eigenvalue weighted by Crippen LogP contribution is 2.21. The van der Waals surface area contributed by atoms with Gasteiger partial charge in [-0.3, -0.25) is 0 Å². The predicted octanol–water partition coefficient (Wildman–Crippen LogP) is 3.00. The number of ether oxygens (including phenoxy) is 1. The first-order chi connectivity index (χ1) is 11.2. The van der Waals surface area contributed by atoms with Gasteiger partial charge in [-0.25, -0.2) is 9.78 Å². The molecule has 2 N–H and O–H groups in total. The molecule has 0 saturated heterocycles. The van der Waals surface area contributed by atoms with Crippen LogP contribution < -0.4 is 5.73 Å². The molecule has 23 heavy (non-hydrogen) atoms. The molecule has 0 aliphatic rings. The van der Waals surface area contributed by atoms with Gasteiger partial charge >= 0.3 is 5.97 Å². The molecule has 0 saturated carbocycles. The van der Waals surface area contributed by atoms with Gasteiger partial charge in [0.2, 0.25) is 0 Å². The molecule has 0 aliphatic heterocycles. The lowest BCUT2D eigenvalue weighted by Crippen LogP contribution is -2.05. The number of rotatable bonds is 1. The second kappa shape index (κ2) is 6.20. The molecule has 0 radical (unpaired) electrons. The fourth-order valence-electron chi connectivity index (χ4n) is 2.30. The summed E-state index contributed by atoms with van der Waals surface area (Å²) in [5, 5.41) is 1.57. The molecule has 0 amide bonds. The second-order valence-corrected chi connectivity index (χ2v) is 4.89. The number of benzene rings is 2. The quantitative estimate of drug-likeness (QED) is 0.426. The summed E-state index contributed by atoms with van der Waals surface area (Å²) in [7, 11) is 1.34. The number of hydrogen-bond acceptors (Lipinski definition) is 4. The van der Waals surface area contributed by atoms with Crippen molar-refractivity contribution in [1.29, 1.82) is 0 Å². The van der Waals surface area contributed by atoms with Crippen LogP contribution >= 0.6 is 0 Å². The normalized spacial score (nSPS) is 9.96. The van der Waals surface area contributed by atoms with E-state index in [0.717, 1.165) is 16.5 Å². The van der Waals surface area contributed by atoms with Gasteiger partial charge in [-0.05, 0) is 12.1 Å². The van der Waals surface area contributed by atoms with E-state index in [-0.39, 0.29) is 5.69 Å². The summed E-state index contributed by atoms with van der Waals surface area (Å²) >= 11 is 0. The molecule has 2 aromatic carbocycles. The minimum absolute atomic E-state index is 0.285. The van der Waals surface area contributed by atoms with E-state index in [1.807, 2.05) is 42.5 Å². The topological polar surface area (TPSA) is 65.2 Å². The van der Waals surface area contributed by atoms with E-state index in [1.165, 1.54) is 7.11 Å². The number of carbonyl (C=O) groups excluding carboxylic acids is 1. The Hall–Kier alpha value is -3.32. The van der Waals surface area contributed by atoms with Gasteiger partial charge in [0.1, 0.15) is 0 Å². The lowest BCUT2D eigenvalue weighted by atomic mass is 10.0. The molecule has 1 heterocycles. The molecule has 0 fully saturated rings. The molecule has 112 valence electrons. The van der Waals surface area contributed by atoms with E-state index in [9.17, 15) is 4.79 Å². The molecule has 0 spiro atoms. The number of nitrogen functional groups attached to an aromatic ring is 1. The second-order valence-electron chi connectivity index (χ2n) is 4.89. The Morgan fingerprint density at radius 3 is 2.39 bits per heavy atom. The van der Waals surface area contributed by atoms with Crippen LogP contribution in [0.5, 0.6) is 0 Å². The summed E-state index contributed by atoms with van der Waals surface area (Å²) in [5.41, 5.74) is 8.30. The summed E-state index contributed by atoms with van der Waals surface area (Å²) in [5.74, 6) is 5.67. The summed E-state index contributed by atoms with van der Waals surface area (Å²) in [6.45, 7) is 0. The molecule has 4 heteroatoms. The number of pyridine rings is 1. The largest absolute Gasteiger partial charge is 0.464 e. The SMILES string of the molecule is COC(=O)c1ncc(C#Cc2ccccc2N)c2ccccc12. The van der Waals surface area contributed by atoms with E-state index < -0.39 is 5.97 Å². The van der Waals surface area contributed by atoms with E-state index in [1.54, 1.807) is 12.3 Å². The van der Waals surface area contributed by atoms with Crippen LogP contribution in [-0.4, -0.2) is 18.1 Å². The van der Waals surface area contributed by atoms with Crippen molar-refractivity contribution in [3.63, 3.8) is 0 Å². The highest BCUT2D eigenvalue weighted by molar-refractivity contribution is 6.04. The Morgan fingerprint density at radius 2 is 1.65 bits per heavy atom. The molecule has 3 aromatic rings. The Kier molecular flexibility index (Phi) is 3.94. The predicted molar refractivity (Wildman–Crippen MR) is 89.9 cm³/mol. The maximum Gasteiger partial charge on any atom is 0.357 e. The Morgan fingerprint density at radius 1 is 1.00 bits per heavy atom. The van der Waals surface area contributed by atoms with Crippen molar-refractivity contribution < 1.29 is 9.53 Å². The molecular weight excluding hydrogens is 288 g/mol. The van der Waals surface area contributed by atoms with E-state index >= 15 is 0 Å². The number of fused-ring (bicyclic) bond motifs is 1. The summed E-state index contributed by atoms with van der Waals surface area (Å²) in [6.07, 6.45) is 1.58. The smallest absolute Gasteiger partial charge is 0.357 e. The lowest BCUT2D eigenvalue weighted by molar-refractivity contribution is 0.0596. The number of carbonyl (C=O) groups is 1. The number of nitrogens with zero attached hydrogens (tertiary/aromatic N) is 1. The fourth-order valence-corrected chi connectivity index (χ4v) is 2.30. The van der Waals surface area contributed by atoms with Gasteiger partial charge in [-0.2, -0.15) is 0 Å². The summed E-state index contributed by atoms with van der Waals surface area (Å²) in [6, 6.07) is 14.9. The third-order valence-electron chi connectivity index (χ3n) is 3.47. The standard InChI is InChI=1S/C19H14N2O2/c1-23-19(22)18-16-8-4-3-7-15(16)14(12-21-18)11-10-13-6-2-5-9-17(13)20/h2-9,12H,20H2,1H3. The molecule has 1 aromatic heterocycles. The van der Waals surface area contributed by atoms with Crippen LogP contribution in [0.25, 0.3) is 10.8 Å². The van der Waals surface area contributed by atoms with Crippen LogP contribution in [-0.2, 0) is 4.74 Å². The van der Waals surface area contributed by atoms with Crippen LogP contribution in [0.4, 0.5) is 5.69 Å². The van der Waals surface area contributed by atoms with Gasteiger partial charge in [0.15, 0.2) is 5.69 Å². The zero-order valence-electron chi connectivity index (χ0n) is 12.5. The van der Waals surface area contributed by atoms with Crippen molar-refractivity contribution in [2.75, 3.05) is 12.8 Å². The molecule has 4 nitrogen and oxygen atoms in total. The van der Waals surface area contributed by atoms with Gasteiger partial charge in [-0.1, -0.05) is 48.2 Å². The minimum Gasteiger partial charge on any atom is -0.464 e. The zero-order valence-corrected chi connectivity index (χ0v) is 12.5. The van der Waals surface area contributed by atoms with Crippen molar-refractivity contribution in [1.82, 2.24) is 4.98 Å². The average molecular weight is 302 g/mol.